The highest BCUT2D eigenvalue weighted by molar-refractivity contribution is 5.67. The third-order valence-electron chi connectivity index (χ3n) is 2.22. The van der Waals surface area contributed by atoms with Crippen LogP contribution >= 0.6 is 0 Å². The zero-order valence-corrected chi connectivity index (χ0v) is 12.1. The summed E-state index contributed by atoms with van der Waals surface area (Å²) in [5.41, 5.74) is 0.404. The monoisotopic (exact) mass is 276 g/mol. The van der Waals surface area contributed by atoms with E-state index in [1.807, 2.05) is 45.0 Å². The molecule has 0 spiro atoms. The first-order valence-electron chi connectivity index (χ1n) is 6.46. The predicted molar refractivity (Wildman–Crippen MR) is 75.5 cm³/mol. The minimum Gasteiger partial charge on any atom is -0.492 e. The van der Waals surface area contributed by atoms with Crippen molar-refractivity contribution in [1.82, 2.24) is 5.32 Å². The van der Waals surface area contributed by atoms with Crippen LogP contribution in [-0.4, -0.2) is 24.8 Å². The van der Waals surface area contributed by atoms with Gasteiger partial charge in [0.2, 0.25) is 0 Å². The minimum atomic E-state index is -0.503. The summed E-state index contributed by atoms with van der Waals surface area (Å²) in [6, 6.07) is 9.42. The number of hydrogen-bond donors (Lipinski definition) is 1. The molecule has 1 aromatic carbocycles. The number of benzene rings is 1. The van der Waals surface area contributed by atoms with Crippen LogP contribution in [0.15, 0.2) is 24.3 Å². The van der Waals surface area contributed by atoms with Crippen LogP contribution in [0.25, 0.3) is 0 Å². The Labute approximate surface area is 119 Å². The van der Waals surface area contributed by atoms with Gasteiger partial charge in [0.25, 0.3) is 0 Å². The van der Waals surface area contributed by atoms with Crippen LogP contribution in [0.4, 0.5) is 4.79 Å². The number of nitrogens with one attached hydrogen (secondary N) is 1. The number of rotatable bonds is 5. The van der Waals surface area contributed by atoms with E-state index in [4.69, 9.17) is 14.7 Å². The van der Waals surface area contributed by atoms with Gasteiger partial charge < -0.3 is 14.8 Å². The van der Waals surface area contributed by atoms with Crippen molar-refractivity contribution in [2.75, 3.05) is 13.2 Å². The molecule has 0 aliphatic heterocycles. The maximum atomic E-state index is 11.4. The number of hydrogen-bond acceptors (Lipinski definition) is 4. The van der Waals surface area contributed by atoms with Crippen LogP contribution < -0.4 is 10.1 Å². The normalized spacial score (nSPS) is 10.5. The average molecular weight is 276 g/mol. The number of nitrogens with zero attached hydrogens (tertiary/aromatic N) is 1. The van der Waals surface area contributed by atoms with E-state index in [-0.39, 0.29) is 0 Å². The smallest absolute Gasteiger partial charge is 0.407 e. The van der Waals surface area contributed by atoms with Crippen molar-refractivity contribution in [3.8, 4) is 11.8 Å². The van der Waals surface area contributed by atoms with E-state index in [1.165, 1.54) is 0 Å². The number of amides is 1. The molecule has 0 aliphatic carbocycles. The largest absolute Gasteiger partial charge is 0.492 e. The molecule has 1 amide bonds. The van der Waals surface area contributed by atoms with Crippen molar-refractivity contribution in [2.45, 2.75) is 32.8 Å². The van der Waals surface area contributed by atoms with E-state index < -0.39 is 11.7 Å². The van der Waals surface area contributed by atoms with Crippen LogP contribution in [0, 0.1) is 11.3 Å². The Kier molecular flexibility index (Phi) is 5.85. The van der Waals surface area contributed by atoms with E-state index in [0.29, 0.717) is 25.3 Å². The SMILES string of the molecule is CC(C)(C)OC(=O)NCCOc1cccc(CC#N)c1. The Balaban J connectivity index is 2.29. The van der Waals surface area contributed by atoms with Crippen LogP contribution in [0.5, 0.6) is 5.75 Å². The predicted octanol–water partition coefficient (Wildman–Crippen LogP) is 2.66. The number of nitriles is 1. The lowest BCUT2D eigenvalue weighted by Crippen LogP contribution is -2.34. The molecule has 0 saturated heterocycles. The molecule has 0 fully saturated rings. The molecule has 0 unspecified atom stereocenters. The summed E-state index contributed by atoms with van der Waals surface area (Å²) >= 11 is 0. The molecule has 1 rings (SSSR count). The molecule has 5 heteroatoms. The molecule has 5 nitrogen and oxygen atoms in total. The third kappa shape index (κ3) is 6.64. The highest BCUT2D eigenvalue weighted by atomic mass is 16.6. The van der Waals surface area contributed by atoms with Crippen molar-refractivity contribution >= 4 is 6.09 Å². The van der Waals surface area contributed by atoms with E-state index in [2.05, 4.69) is 11.4 Å². The molecule has 0 aliphatic rings. The van der Waals surface area contributed by atoms with E-state index in [0.717, 1.165) is 5.56 Å². The van der Waals surface area contributed by atoms with Crippen molar-refractivity contribution in [3.63, 3.8) is 0 Å². The molecular formula is C15H20N2O3. The van der Waals surface area contributed by atoms with Gasteiger partial charge >= 0.3 is 6.09 Å². The van der Waals surface area contributed by atoms with Gasteiger partial charge in [0.05, 0.1) is 19.0 Å². The highest BCUT2D eigenvalue weighted by Crippen LogP contribution is 2.13. The number of alkyl carbamates (subject to hydrolysis) is 1. The zero-order chi connectivity index (χ0) is 15.0. The molecule has 108 valence electrons. The highest BCUT2D eigenvalue weighted by Gasteiger charge is 2.15. The molecular weight excluding hydrogens is 256 g/mol. The van der Waals surface area contributed by atoms with Gasteiger partial charge in [-0.15, -0.1) is 0 Å². The topological polar surface area (TPSA) is 71.3 Å². The second-order valence-corrected chi connectivity index (χ2v) is 5.26. The van der Waals surface area contributed by atoms with Gasteiger partial charge in [0, 0.05) is 0 Å². The first kappa shape index (κ1) is 15.8. The van der Waals surface area contributed by atoms with Crippen molar-refractivity contribution in [3.05, 3.63) is 29.8 Å². The lowest BCUT2D eigenvalue weighted by molar-refractivity contribution is 0.0520. The molecule has 0 atom stereocenters. The van der Waals surface area contributed by atoms with Crippen molar-refractivity contribution < 1.29 is 14.3 Å². The van der Waals surface area contributed by atoms with Crippen LogP contribution in [0.1, 0.15) is 26.3 Å². The Morgan fingerprint density at radius 3 is 2.80 bits per heavy atom. The molecule has 0 saturated carbocycles. The van der Waals surface area contributed by atoms with Crippen LogP contribution in [0.3, 0.4) is 0 Å². The lowest BCUT2D eigenvalue weighted by Gasteiger charge is -2.19. The molecule has 0 aromatic heterocycles. The van der Waals surface area contributed by atoms with Gasteiger partial charge in [-0.2, -0.15) is 5.26 Å². The van der Waals surface area contributed by atoms with E-state index >= 15 is 0 Å². The fraction of sp³-hybridized carbons (Fsp3) is 0.467. The van der Waals surface area contributed by atoms with Gasteiger partial charge in [-0.1, -0.05) is 12.1 Å². The first-order chi connectivity index (χ1) is 9.40. The first-order valence-corrected chi connectivity index (χ1v) is 6.46. The lowest BCUT2D eigenvalue weighted by atomic mass is 10.2. The molecule has 1 aromatic rings. The van der Waals surface area contributed by atoms with Crippen LogP contribution in [-0.2, 0) is 11.2 Å². The summed E-state index contributed by atoms with van der Waals surface area (Å²) in [5.74, 6) is 0.684. The van der Waals surface area contributed by atoms with Gasteiger partial charge in [-0.3, -0.25) is 0 Å². The summed E-state index contributed by atoms with van der Waals surface area (Å²) < 4.78 is 10.6. The summed E-state index contributed by atoms with van der Waals surface area (Å²) in [5, 5.41) is 11.2. The minimum absolute atomic E-state index is 0.343. The van der Waals surface area contributed by atoms with Gasteiger partial charge in [-0.05, 0) is 38.5 Å². The second kappa shape index (κ2) is 7.39. The van der Waals surface area contributed by atoms with E-state index in [1.54, 1.807) is 0 Å². The van der Waals surface area contributed by atoms with Crippen molar-refractivity contribution in [2.24, 2.45) is 0 Å². The molecule has 1 N–H and O–H groups in total. The Morgan fingerprint density at radius 1 is 1.40 bits per heavy atom. The van der Waals surface area contributed by atoms with E-state index in [9.17, 15) is 4.79 Å². The Hall–Kier alpha value is -2.22. The number of carbonyl (C=O) groups is 1. The third-order valence-corrected chi connectivity index (χ3v) is 2.22. The quantitative estimate of drug-likeness (QED) is 0.839. The molecule has 0 radical (unpaired) electrons. The summed E-state index contributed by atoms with van der Waals surface area (Å²) in [4.78, 5) is 11.4. The Bertz CT molecular complexity index is 487. The molecule has 0 heterocycles. The second-order valence-electron chi connectivity index (χ2n) is 5.26. The van der Waals surface area contributed by atoms with Gasteiger partial charge in [0.15, 0.2) is 0 Å². The number of ether oxygens (including phenoxy) is 2. The Morgan fingerprint density at radius 2 is 2.15 bits per heavy atom. The number of carbonyl (C=O) groups excluding carboxylic acids is 1. The van der Waals surface area contributed by atoms with Crippen LogP contribution in [0.2, 0.25) is 0 Å². The standard InChI is InChI=1S/C15H20N2O3/c1-15(2,3)20-14(18)17-9-10-19-13-6-4-5-12(11-13)7-8-16/h4-6,11H,7,9-10H2,1-3H3,(H,17,18). The summed E-state index contributed by atoms with van der Waals surface area (Å²) in [7, 11) is 0. The van der Waals surface area contributed by atoms with Gasteiger partial charge in [0.1, 0.15) is 18.0 Å². The molecule has 0 bridgehead atoms. The maximum Gasteiger partial charge on any atom is 0.407 e. The zero-order valence-electron chi connectivity index (χ0n) is 12.1. The molecule has 20 heavy (non-hydrogen) atoms. The van der Waals surface area contributed by atoms with Gasteiger partial charge in [-0.25, -0.2) is 4.79 Å². The fourth-order valence-electron chi connectivity index (χ4n) is 1.47. The maximum absolute atomic E-state index is 11.4. The average Bonchev–Trinajstić information content (AvgIpc) is 2.33. The van der Waals surface area contributed by atoms with Crippen molar-refractivity contribution in [1.29, 1.82) is 5.26 Å². The summed E-state index contributed by atoms with van der Waals surface area (Å²) in [6.07, 6.45) is -0.104. The fourth-order valence-corrected chi connectivity index (χ4v) is 1.47. The summed E-state index contributed by atoms with van der Waals surface area (Å²) in [6.45, 7) is 6.13.